The van der Waals surface area contributed by atoms with Crippen molar-refractivity contribution < 1.29 is 0 Å². The number of likely N-dealkylation sites (N-methyl/N-ethyl adjacent to an activating group) is 1. The monoisotopic (exact) mass is 246 g/mol. The van der Waals surface area contributed by atoms with Crippen LogP contribution in [0.15, 0.2) is 24.3 Å². The second-order valence-electron chi connectivity index (χ2n) is 5.28. The van der Waals surface area contributed by atoms with E-state index in [9.17, 15) is 0 Å². The standard InChI is InChI=1S/C14H18N2S/c1-10-7-11(9-16(2)8-10)14-15-12-5-3-4-6-13(12)17-14/h3-6,10-11H,7-9H2,1-2H3/t10-,11?/m0/s1. The molecule has 3 rings (SSSR count). The minimum absolute atomic E-state index is 0.626. The van der Waals surface area contributed by atoms with Gasteiger partial charge in [-0.15, -0.1) is 11.3 Å². The van der Waals surface area contributed by atoms with Gasteiger partial charge < -0.3 is 4.90 Å². The minimum atomic E-state index is 0.626. The van der Waals surface area contributed by atoms with E-state index in [-0.39, 0.29) is 0 Å². The zero-order chi connectivity index (χ0) is 11.8. The Morgan fingerprint density at radius 1 is 1.29 bits per heavy atom. The first-order valence-electron chi connectivity index (χ1n) is 6.26. The number of piperidine rings is 1. The topological polar surface area (TPSA) is 16.1 Å². The van der Waals surface area contributed by atoms with Crippen molar-refractivity contribution in [2.24, 2.45) is 5.92 Å². The molecule has 2 aromatic rings. The molecule has 0 aliphatic carbocycles. The van der Waals surface area contributed by atoms with Crippen molar-refractivity contribution >= 4 is 21.6 Å². The highest BCUT2D eigenvalue weighted by molar-refractivity contribution is 7.18. The number of rotatable bonds is 1. The molecule has 2 heterocycles. The Kier molecular flexibility index (Phi) is 2.89. The van der Waals surface area contributed by atoms with Crippen molar-refractivity contribution in [1.29, 1.82) is 0 Å². The number of thiazole rings is 1. The van der Waals surface area contributed by atoms with Gasteiger partial charge in [0.25, 0.3) is 0 Å². The van der Waals surface area contributed by atoms with Crippen molar-refractivity contribution in [3.8, 4) is 0 Å². The second-order valence-corrected chi connectivity index (χ2v) is 6.34. The van der Waals surface area contributed by atoms with Gasteiger partial charge in [0.1, 0.15) is 0 Å². The number of aromatic nitrogens is 1. The molecule has 17 heavy (non-hydrogen) atoms. The van der Waals surface area contributed by atoms with Crippen LogP contribution in [0, 0.1) is 5.92 Å². The first kappa shape index (κ1) is 11.2. The van der Waals surface area contributed by atoms with Gasteiger partial charge in [0.2, 0.25) is 0 Å². The summed E-state index contributed by atoms with van der Waals surface area (Å²) >= 11 is 1.87. The van der Waals surface area contributed by atoms with Gasteiger partial charge in [-0.2, -0.15) is 0 Å². The van der Waals surface area contributed by atoms with Crippen LogP contribution in [0.4, 0.5) is 0 Å². The van der Waals surface area contributed by atoms with Crippen LogP contribution >= 0.6 is 11.3 Å². The number of hydrogen-bond donors (Lipinski definition) is 0. The molecular weight excluding hydrogens is 228 g/mol. The number of fused-ring (bicyclic) bond motifs is 1. The predicted molar refractivity (Wildman–Crippen MR) is 73.6 cm³/mol. The summed E-state index contributed by atoms with van der Waals surface area (Å²) in [4.78, 5) is 7.23. The summed E-state index contributed by atoms with van der Waals surface area (Å²) in [5.74, 6) is 1.41. The van der Waals surface area contributed by atoms with E-state index in [1.54, 1.807) is 0 Å². The second kappa shape index (κ2) is 4.39. The molecule has 90 valence electrons. The fourth-order valence-corrected chi connectivity index (χ4v) is 3.93. The minimum Gasteiger partial charge on any atom is -0.305 e. The molecule has 0 saturated carbocycles. The third-order valence-corrected chi connectivity index (χ3v) is 4.70. The fraction of sp³-hybridized carbons (Fsp3) is 0.500. The van der Waals surface area contributed by atoms with E-state index >= 15 is 0 Å². The molecular formula is C14H18N2S. The maximum absolute atomic E-state index is 4.80. The van der Waals surface area contributed by atoms with E-state index in [0.29, 0.717) is 5.92 Å². The largest absolute Gasteiger partial charge is 0.305 e. The Morgan fingerprint density at radius 3 is 2.88 bits per heavy atom. The van der Waals surface area contributed by atoms with Gasteiger partial charge in [-0.25, -0.2) is 4.98 Å². The summed E-state index contributed by atoms with van der Waals surface area (Å²) in [6.07, 6.45) is 1.28. The fourth-order valence-electron chi connectivity index (χ4n) is 2.86. The van der Waals surface area contributed by atoms with E-state index < -0.39 is 0 Å². The van der Waals surface area contributed by atoms with Crippen molar-refractivity contribution in [2.75, 3.05) is 20.1 Å². The van der Waals surface area contributed by atoms with Crippen molar-refractivity contribution in [2.45, 2.75) is 19.3 Å². The maximum atomic E-state index is 4.80. The average molecular weight is 246 g/mol. The number of nitrogens with zero attached hydrogens (tertiary/aromatic N) is 2. The summed E-state index contributed by atoms with van der Waals surface area (Å²) in [6, 6.07) is 8.46. The van der Waals surface area contributed by atoms with Crippen LogP contribution in [0.2, 0.25) is 0 Å². The molecule has 1 fully saturated rings. The molecule has 2 atom stereocenters. The van der Waals surface area contributed by atoms with E-state index in [0.717, 1.165) is 18.0 Å². The first-order chi connectivity index (χ1) is 8.22. The zero-order valence-electron chi connectivity index (χ0n) is 10.4. The van der Waals surface area contributed by atoms with Gasteiger partial charge in [0.05, 0.1) is 15.2 Å². The van der Waals surface area contributed by atoms with Gasteiger partial charge in [0, 0.05) is 19.0 Å². The molecule has 0 radical (unpaired) electrons. The molecule has 0 N–H and O–H groups in total. The van der Waals surface area contributed by atoms with Gasteiger partial charge >= 0.3 is 0 Å². The molecule has 1 aliphatic rings. The van der Waals surface area contributed by atoms with Crippen LogP contribution in [0.3, 0.4) is 0 Å². The highest BCUT2D eigenvalue weighted by atomic mass is 32.1. The SMILES string of the molecule is C[C@H]1CC(c2nc3ccccc3s2)CN(C)C1. The summed E-state index contributed by atoms with van der Waals surface area (Å²) < 4.78 is 1.32. The van der Waals surface area contributed by atoms with E-state index in [1.165, 1.54) is 22.7 Å². The van der Waals surface area contributed by atoms with Crippen molar-refractivity contribution in [3.63, 3.8) is 0 Å². The van der Waals surface area contributed by atoms with E-state index in [2.05, 4.69) is 43.1 Å². The summed E-state index contributed by atoms with van der Waals surface area (Å²) in [5.41, 5.74) is 1.16. The van der Waals surface area contributed by atoms with Crippen molar-refractivity contribution in [1.82, 2.24) is 9.88 Å². The quantitative estimate of drug-likeness (QED) is 0.767. The Morgan fingerprint density at radius 2 is 2.12 bits per heavy atom. The lowest BCUT2D eigenvalue weighted by molar-refractivity contribution is 0.198. The van der Waals surface area contributed by atoms with Crippen LogP contribution in [0.25, 0.3) is 10.2 Å². The molecule has 1 aromatic carbocycles. The molecule has 3 heteroatoms. The molecule has 1 aliphatic heterocycles. The lowest BCUT2D eigenvalue weighted by atomic mass is 9.91. The van der Waals surface area contributed by atoms with Crippen molar-refractivity contribution in [3.05, 3.63) is 29.3 Å². The molecule has 0 amide bonds. The molecule has 2 nitrogen and oxygen atoms in total. The lowest BCUT2D eigenvalue weighted by Crippen LogP contribution is -2.35. The highest BCUT2D eigenvalue weighted by Gasteiger charge is 2.25. The Balaban J connectivity index is 1.92. The predicted octanol–water partition coefficient (Wildman–Crippen LogP) is 3.35. The van der Waals surface area contributed by atoms with E-state index in [4.69, 9.17) is 4.98 Å². The maximum Gasteiger partial charge on any atom is 0.0982 e. The Hall–Kier alpha value is -0.930. The number of para-hydroxylation sites is 1. The molecule has 0 bridgehead atoms. The highest BCUT2D eigenvalue weighted by Crippen LogP contribution is 2.34. The van der Waals surface area contributed by atoms with Crippen LogP contribution in [0.5, 0.6) is 0 Å². The third-order valence-electron chi connectivity index (χ3n) is 3.50. The lowest BCUT2D eigenvalue weighted by Gasteiger charge is -2.32. The zero-order valence-corrected chi connectivity index (χ0v) is 11.2. The Bertz CT molecular complexity index is 477. The molecule has 0 spiro atoms. The number of hydrogen-bond acceptors (Lipinski definition) is 3. The van der Waals surface area contributed by atoms with E-state index in [1.807, 2.05) is 11.3 Å². The number of likely N-dealkylation sites (tertiary alicyclic amines) is 1. The average Bonchev–Trinajstić information content (AvgIpc) is 2.71. The molecule has 1 aromatic heterocycles. The molecule has 1 unspecified atom stereocenters. The third kappa shape index (κ3) is 2.22. The Labute approximate surface area is 106 Å². The number of benzene rings is 1. The molecule has 1 saturated heterocycles. The summed E-state index contributed by atoms with van der Waals surface area (Å²) in [5, 5.41) is 1.32. The normalized spacial score (nSPS) is 26.5. The summed E-state index contributed by atoms with van der Waals surface area (Å²) in [6.45, 7) is 4.72. The van der Waals surface area contributed by atoms with Gasteiger partial charge in [-0.3, -0.25) is 0 Å². The first-order valence-corrected chi connectivity index (χ1v) is 7.08. The van der Waals surface area contributed by atoms with Crippen LogP contribution in [-0.2, 0) is 0 Å². The summed E-state index contributed by atoms with van der Waals surface area (Å²) in [7, 11) is 2.22. The van der Waals surface area contributed by atoms with Crippen LogP contribution in [-0.4, -0.2) is 30.0 Å². The van der Waals surface area contributed by atoms with Gasteiger partial charge in [-0.05, 0) is 31.5 Å². The van der Waals surface area contributed by atoms with Crippen LogP contribution in [0.1, 0.15) is 24.3 Å². The van der Waals surface area contributed by atoms with Crippen LogP contribution < -0.4 is 0 Å². The van der Waals surface area contributed by atoms with Gasteiger partial charge in [0.15, 0.2) is 0 Å². The van der Waals surface area contributed by atoms with Gasteiger partial charge in [-0.1, -0.05) is 19.1 Å². The smallest absolute Gasteiger partial charge is 0.0982 e.